The summed E-state index contributed by atoms with van der Waals surface area (Å²) in [6.07, 6.45) is 2.70. The van der Waals surface area contributed by atoms with Gasteiger partial charge in [0, 0.05) is 16.7 Å². The Labute approximate surface area is 165 Å². The molecule has 0 saturated carbocycles. The third-order valence-electron chi connectivity index (χ3n) is 3.58. The largest absolute Gasteiger partial charge is 0.454 e. The Kier molecular flexibility index (Phi) is 6.13. The highest BCUT2D eigenvalue weighted by atomic mass is 35.5. The van der Waals surface area contributed by atoms with Crippen LogP contribution < -0.4 is 20.3 Å². The van der Waals surface area contributed by atoms with Crippen molar-refractivity contribution in [3.63, 3.8) is 0 Å². The van der Waals surface area contributed by atoms with Gasteiger partial charge < -0.3 is 14.2 Å². The van der Waals surface area contributed by atoms with Crippen LogP contribution in [0, 0.1) is 0 Å². The van der Waals surface area contributed by atoms with Crippen molar-refractivity contribution in [3.05, 3.63) is 64.7 Å². The van der Waals surface area contributed by atoms with E-state index in [-0.39, 0.29) is 6.79 Å². The number of hydrogen-bond donors (Lipinski definition) is 2. The zero-order valence-electron chi connectivity index (χ0n) is 14.4. The smallest absolute Gasteiger partial charge is 0.331 e. The van der Waals surface area contributed by atoms with Crippen molar-refractivity contribution in [2.24, 2.45) is 0 Å². The van der Waals surface area contributed by atoms with Crippen molar-refractivity contribution in [2.45, 2.75) is 0 Å². The van der Waals surface area contributed by atoms with E-state index in [1.165, 1.54) is 24.3 Å². The van der Waals surface area contributed by atoms with Gasteiger partial charge in [-0.1, -0.05) is 17.7 Å². The number of hydrogen-bond acceptors (Lipinski definition) is 6. The predicted molar refractivity (Wildman–Crippen MR) is 99.6 cm³/mol. The molecule has 9 heteroatoms. The summed E-state index contributed by atoms with van der Waals surface area (Å²) in [4.78, 5) is 35.2. The zero-order chi connectivity index (χ0) is 19.9. The standard InChI is InChI=1S/C19H15ClN2O6/c20-14-5-3-13(4-6-14)19(25)22-21-17(23)10-26-18(24)8-2-12-1-7-15-16(9-12)28-11-27-15/h1-9H,10-11H2,(H,21,23)(H,22,25)/b8-2+. The van der Waals surface area contributed by atoms with Gasteiger partial charge in [0.05, 0.1) is 0 Å². The number of halogens is 1. The molecular formula is C19H15ClN2O6. The first-order valence-electron chi connectivity index (χ1n) is 8.10. The number of carbonyl (C=O) groups is 3. The van der Waals surface area contributed by atoms with E-state index in [0.29, 0.717) is 27.6 Å². The Hall–Kier alpha value is -3.52. The number of carbonyl (C=O) groups excluding carboxylic acids is 3. The summed E-state index contributed by atoms with van der Waals surface area (Å²) in [5.74, 6) is -0.702. The molecule has 28 heavy (non-hydrogen) atoms. The Balaban J connectivity index is 1.40. The Bertz CT molecular complexity index is 927. The minimum Gasteiger partial charge on any atom is -0.454 e. The topological polar surface area (TPSA) is 103 Å². The second kappa shape index (κ2) is 8.92. The fraction of sp³-hybridized carbons (Fsp3) is 0.105. The average Bonchev–Trinajstić information content (AvgIpc) is 3.17. The summed E-state index contributed by atoms with van der Waals surface area (Å²) in [6.45, 7) is -0.389. The first-order chi connectivity index (χ1) is 13.5. The van der Waals surface area contributed by atoms with Crippen molar-refractivity contribution in [1.29, 1.82) is 0 Å². The first-order valence-corrected chi connectivity index (χ1v) is 8.48. The molecule has 2 aromatic rings. The van der Waals surface area contributed by atoms with Crippen LogP contribution in [0.15, 0.2) is 48.5 Å². The Morgan fingerprint density at radius 3 is 2.57 bits per heavy atom. The van der Waals surface area contributed by atoms with Crippen LogP contribution in [-0.4, -0.2) is 31.2 Å². The minimum absolute atomic E-state index is 0.161. The van der Waals surface area contributed by atoms with Crippen LogP contribution in [0.4, 0.5) is 0 Å². The number of esters is 1. The van der Waals surface area contributed by atoms with E-state index in [0.717, 1.165) is 0 Å². The van der Waals surface area contributed by atoms with Crippen LogP contribution in [0.1, 0.15) is 15.9 Å². The molecule has 144 valence electrons. The molecule has 2 N–H and O–H groups in total. The highest BCUT2D eigenvalue weighted by Gasteiger charge is 2.12. The molecule has 0 aromatic heterocycles. The maximum absolute atomic E-state index is 11.8. The normalized spacial score (nSPS) is 11.9. The summed E-state index contributed by atoms with van der Waals surface area (Å²) >= 11 is 5.74. The highest BCUT2D eigenvalue weighted by Crippen LogP contribution is 2.32. The molecule has 8 nitrogen and oxygen atoms in total. The molecule has 0 bridgehead atoms. The summed E-state index contributed by atoms with van der Waals surface area (Å²) in [5.41, 5.74) is 5.38. The number of rotatable bonds is 5. The molecule has 1 aliphatic heterocycles. The van der Waals surface area contributed by atoms with Crippen LogP contribution in [0.3, 0.4) is 0 Å². The summed E-state index contributed by atoms with van der Waals surface area (Å²) < 4.78 is 15.3. The van der Waals surface area contributed by atoms with Crippen LogP contribution in [0.5, 0.6) is 11.5 Å². The second-order valence-electron chi connectivity index (χ2n) is 5.56. The molecule has 2 amide bonds. The summed E-state index contributed by atoms with van der Waals surface area (Å²) in [6, 6.07) is 11.3. The van der Waals surface area contributed by atoms with Gasteiger partial charge >= 0.3 is 5.97 Å². The molecule has 0 atom stereocenters. The van der Waals surface area contributed by atoms with Gasteiger partial charge in [0.1, 0.15) is 0 Å². The molecule has 0 fully saturated rings. The molecular weight excluding hydrogens is 388 g/mol. The van der Waals surface area contributed by atoms with Crippen molar-refractivity contribution in [1.82, 2.24) is 10.9 Å². The number of hydrazine groups is 1. The third-order valence-corrected chi connectivity index (χ3v) is 3.83. The zero-order valence-corrected chi connectivity index (χ0v) is 15.2. The summed E-state index contributed by atoms with van der Waals surface area (Å²) in [7, 11) is 0. The Morgan fingerprint density at radius 1 is 1.04 bits per heavy atom. The lowest BCUT2D eigenvalue weighted by Gasteiger charge is -2.07. The molecule has 1 aliphatic rings. The number of fused-ring (bicyclic) bond motifs is 1. The maximum Gasteiger partial charge on any atom is 0.331 e. The van der Waals surface area contributed by atoms with Gasteiger partial charge in [0.2, 0.25) is 6.79 Å². The highest BCUT2D eigenvalue weighted by molar-refractivity contribution is 6.30. The van der Waals surface area contributed by atoms with Gasteiger partial charge in [-0.15, -0.1) is 0 Å². The van der Waals surface area contributed by atoms with Gasteiger partial charge in [-0.2, -0.15) is 0 Å². The number of benzene rings is 2. The van der Waals surface area contributed by atoms with Gasteiger partial charge in [-0.3, -0.25) is 20.4 Å². The van der Waals surface area contributed by atoms with Gasteiger partial charge in [-0.25, -0.2) is 4.79 Å². The van der Waals surface area contributed by atoms with E-state index in [1.54, 1.807) is 30.3 Å². The van der Waals surface area contributed by atoms with E-state index in [2.05, 4.69) is 10.9 Å². The van der Waals surface area contributed by atoms with Crippen molar-refractivity contribution >= 4 is 35.5 Å². The quantitative estimate of drug-likeness (QED) is 0.451. The molecule has 0 radical (unpaired) electrons. The van der Waals surface area contributed by atoms with E-state index in [1.807, 2.05) is 0 Å². The Morgan fingerprint density at radius 2 is 1.79 bits per heavy atom. The summed E-state index contributed by atoms with van der Waals surface area (Å²) in [5, 5.41) is 0.487. The van der Waals surface area contributed by atoms with Gasteiger partial charge in [0.25, 0.3) is 11.8 Å². The van der Waals surface area contributed by atoms with Crippen molar-refractivity contribution < 1.29 is 28.6 Å². The van der Waals surface area contributed by atoms with E-state index >= 15 is 0 Å². The predicted octanol–water partition coefficient (Wildman–Crippen LogP) is 2.09. The van der Waals surface area contributed by atoms with Crippen LogP contribution in [0.25, 0.3) is 6.08 Å². The van der Waals surface area contributed by atoms with Crippen molar-refractivity contribution in [2.75, 3.05) is 13.4 Å². The van der Waals surface area contributed by atoms with Crippen LogP contribution in [-0.2, 0) is 14.3 Å². The van der Waals surface area contributed by atoms with Crippen LogP contribution >= 0.6 is 11.6 Å². The van der Waals surface area contributed by atoms with E-state index < -0.39 is 24.4 Å². The maximum atomic E-state index is 11.8. The lowest BCUT2D eigenvalue weighted by Crippen LogP contribution is -2.43. The number of ether oxygens (including phenoxy) is 3. The molecule has 0 saturated heterocycles. The monoisotopic (exact) mass is 402 g/mol. The van der Waals surface area contributed by atoms with Crippen molar-refractivity contribution in [3.8, 4) is 11.5 Å². The number of nitrogens with one attached hydrogen (secondary N) is 2. The fourth-order valence-electron chi connectivity index (χ4n) is 2.20. The van der Waals surface area contributed by atoms with Crippen LogP contribution in [0.2, 0.25) is 5.02 Å². The van der Waals surface area contributed by atoms with E-state index in [9.17, 15) is 14.4 Å². The number of amides is 2. The lowest BCUT2D eigenvalue weighted by atomic mass is 10.2. The SMILES string of the molecule is O=C(COC(=O)/C=C/c1ccc2c(c1)OCO2)NNC(=O)c1ccc(Cl)cc1. The third kappa shape index (κ3) is 5.24. The molecule has 3 rings (SSSR count). The lowest BCUT2D eigenvalue weighted by molar-refractivity contribution is -0.144. The molecule has 2 aromatic carbocycles. The molecule has 0 aliphatic carbocycles. The first kappa shape index (κ1) is 19.2. The fourth-order valence-corrected chi connectivity index (χ4v) is 2.33. The average molecular weight is 403 g/mol. The molecule has 0 unspecified atom stereocenters. The minimum atomic E-state index is -0.711. The van der Waals surface area contributed by atoms with Gasteiger partial charge in [-0.05, 0) is 48.0 Å². The molecule has 0 spiro atoms. The van der Waals surface area contributed by atoms with Gasteiger partial charge in [0.15, 0.2) is 18.1 Å². The van der Waals surface area contributed by atoms with E-state index in [4.69, 9.17) is 25.8 Å². The second-order valence-corrected chi connectivity index (χ2v) is 6.00. The molecule has 1 heterocycles.